The van der Waals surface area contributed by atoms with Gasteiger partial charge >= 0.3 is 5.97 Å². The molecule has 0 amide bonds. The lowest BCUT2D eigenvalue weighted by Crippen LogP contribution is -2.13. The standard InChI is InChI=1S/C10H16N2O3S/c1-7(2)5-15-4-3-11-9-8(10(13)14)12-6-16-9/h6-7,11H,3-5H2,1-2H3,(H,13,14). The van der Waals surface area contributed by atoms with Crippen molar-refractivity contribution in [3.8, 4) is 0 Å². The van der Waals surface area contributed by atoms with Crippen molar-refractivity contribution in [2.45, 2.75) is 13.8 Å². The molecule has 1 heterocycles. The maximum absolute atomic E-state index is 10.7. The second-order valence-electron chi connectivity index (χ2n) is 3.73. The number of hydrogen-bond donors (Lipinski definition) is 2. The Kier molecular flexibility index (Phi) is 5.21. The minimum absolute atomic E-state index is 0.0776. The summed E-state index contributed by atoms with van der Waals surface area (Å²) in [6, 6.07) is 0. The molecule has 0 atom stereocenters. The smallest absolute Gasteiger partial charge is 0.357 e. The van der Waals surface area contributed by atoms with Gasteiger partial charge in [0, 0.05) is 13.2 Å². The number of nitrogens with zero attached hydrogens (tertiary/aromatic N) is 1. The number of ether oxygens (including phenoxy) is 1. The Labute approximate surface area is 98.5 Å². The van der Waals surface area contributed by atoms with Crippen molar-refractivity contribution in [3.05, 3.63) is 11.2 Å². The van der Waals surface area contributed by atoms with Crippen LogP contribution in [0.5, 0.6) is 0 Å². The second-order valence-corrected chi connectivity index (χ2v) is 4.59. The highest BCUT2D eigenvalue weighted by Crippen LogP contribution is 2.19. The van der Waals surface area contributed by atoms with Gasteiger partial charge in [0.05, 0.1) is 12.1 Å². The molecular weight excluding hydrogens is 228 g/mol. The molecule has 16 heavy (non-hydrogen) atoms. The fourth-order valence-corrected chi connectivity index (χ4v) is 1.78. The topological polar surface area (TPSA) is 71.5 Å². The third-order valence-electron chi connectivity index (χ3n) is 1.75. The summed E-state index contributed by atoms with van der Waals surface area (Å²) in [5.41, 5.74) is 1.59. The summed E-state index contributed by atoms with van der Waals surface area (Å²) in [5, 5.41) is 12.4. The van der Waals surface area contributed by atoms with Crippen LogP contribution < -0.4 is 5.32 Å². The van der Waals surface area contributed by atoms with Crippen molar-refractivity contribution in [1.82, 2.24) is 4.98 Å². The molecule has 0 fully saturated rings. The van der Waals surface area contributed by atoms with Crippen molar-refractivity contribution in [3.63, 3.8) is 0 Å². The second kappa shape index (κ2) is 6.44. The first-order chi connectivity index (χ1) is 7.61. The lowest BCUT2D eigenvalue weighted by atomic mass is 10.2. The summed E-state index contributed by atoms with van der Waals surface area (Å²) >= 11 is 1.28. The molecule has 1 rings (SSSR count). The van der Waals surface area contributed by atoms with Gasteiger partial charge in [-0.15, -0.1) is 11.3 Å². The number of aromatic nitrogens is 1. The van der Waals surface area contributed by atoms with Gasteiger partial charge in [-0.25, -0.2) is 9.78 Å². The maximum atomic E-state index is 10.7. The van der Waals surface area contributed by atoms with Gasteiger partial charge in [-0.05, 0) is 5.92 Å². The number of nitrogens with one attached hydrogen (secondary N) is 1. The van der Waals surface area contributed by atoms with E-state index in [-0.39, 0.29) is 5.69 Å². The summed E-state index contributed by atoms with van der Waals surface area (Å²) in [6.07, 6.45) is 0. The highest BCUT2D eigenvalue weighted by atomic mass is 32.1. The summed E-state index contributed by atoms with van der Waals surface area (Å²) in [7, 11) is 0. The number of hydrogen-bond acceptors (Lipinski definition) is 5. The monoisotopic (exact) mass is 244 g/mol. The van der Waals surface area contributed by atoms with Crippen molar-refractivity contribution in [1.29, 1.82) is 0 Å². The fraction of sp³-hybridized carbons (Fsp3) is 0.600. The highest BCUT2D eigenvalue weighted by Gasteiger charge is 2.12. The molecule has 6 heteroatoms. The van der Waals surface area contributed by atoms with Crippen LogP contribution in [0.3, 0.4) is 0 Å². The quantitative estimate of drug-likeness (QED) is 0.717. The number of carboxylic acids is 1. The number of thiazole rings is 1. The number of anilines is 1. The molecule has 0 saturated carbocycles. The third kappa shape index (κ3) is 4.16. The van der Waals surface area contributed by atoms with Crippen LogP contribution >= 0.6 is 11.3 Å². The van der Waals surface area contributed by atoms with Gasteiger partial charge in [0.2, 0.25) is 0 Å². The van der Waals surface area contributed by atoms with Gasteiger partial charge < -0.3 is 15.2 Å². The molecule has 0 aromatic carbocycles. The normalized spacial score (nSPS) is 10.7. The van der Waals surface area contributed by atoms with Gasteiger partial charge in [-0.3, -0.25) is 0 Å². The zero-order valence-electron chi connectivity index (χ0n) is 9.40. The van der Waals surface area contributed by atoms with Crippen molar-refractivity contribution in [2.24, 2.45) is 5.92 Å². The Morgan fingerprint density at radius 2 is 2.44 bits per heavy atom. The largest absolute Gasteiger partial charge is 0.476 e. The average Bonchev–Trinajstić information content (AvgIpc) is 2.65. The van der Waals surface area contributed by atoms with E-state index in [0.717, 1.165) is 6.61 Å². The van der Waals surface area contributed by atoms with E-state index in [0.29, 0.717) is 24.1 Å². The Morgan fingerprint density at radius 3 is 3.06 bits per heavy atom. The Bertz CT molecular complexity index is 339. The van der Waals surface area contributed by atoms with E-state index in [2.05, 4.69) is 24.1 Å². The summed E-state index contributed by atoms with van der Waals surface area (Å²) in [6.45, 7) is 6.04. The van der Waals surface area contributed by atoms with Crippen LogP contribution in [0.15, 0.2) is 5.51 Å². The lowest BCUT2D eigenvalue weighted by molar-refractivity contribution is 0.0692. The average molecular weight is 244 g/mol. The molecular formula is C10H16N2O3S. The summed E-state index contributed by atoms with van der Waals surface area (Å²) in [5.74, 6) is -0.496. The van der Waals surface area contributed by atoms with E-state index in [1.807, 2.05) is 0 Å². The summed E-state index contributed by atoms with van der Waals surface area (Å²) in [4.78, 5) is 14.5. The maximum Gasteiger partial charge on any atom is 0.357 e. The van der Waals surface area contributed by atoms with Crippen molar-refractivity contribution >= 4 is 22.3 Å². The van der Waals surface area contributed by atoms with E-state index in [1.165, 1.54) is 16.8 Å². The van der Waals surface area contributed by atoms with E-state index >= 15 is 0 Å². The number of carbonyl (C=O) groups is 1. The van der Waals surface area contributed by atoms with Crippen molar-refractivity contribution in [2.75, 3.05) is 25.1 Å². The van der Waals surface area contributed by atoms with Crippen LogP contribution in [0, 0.1) is 5.92 Å². The van der Waals surface area contributed by atoms with Crippen LogP contribution in [0.2, 0.25) is 0 Å². The molecule has 0 saturated heterocycles. The number of carboxylic acid groups (broad SMARTS) is 1. The third-order valence-corrected chi connectivity index (χ3v) is 2.54. The predicted octanol–water partition coefficient (Wildman–Crippen LogP) is 1.93. The van der Waals surface area contributed by atoms with Crippen LogP contribution in [-0.2, 0) is 4.74 Å². The Balaban J connectivity index is 2.27. The molecule has 5 nitrogen and oxygen atoms in total. The van der Waals surface area contributed by atoms with Crippen LogP contribution in [0.4, 0.5) is 5.00 Å². The van der Waals surface area contributed by atoms with E-state index in [1.54, 1.807) is 0 Å². The SMILES string of the molecule is CC(C)COCCNc1scnc1C(=O)O. The predicted molar refractivity (Wildman–Crippen MR) is 63.2 cm³/mol. The molecule has 0 unspecified atom stereocenters. The van der Waals surface area contributed by atoms with Crippen LogP contribution in [-0.4, -0.2) is 35.8 Å². The Morgan fingerprint density at radius 1 is 1.69 bits per heavy atom. The first-order valence-electron chi connectivity index (χ1n) is 5.09. The number of rotatable bonds is 7. The Hall–Kier alpha value is -1.14. The highest BCUT2D eigenvalue weighted by molar-refractivity contribution is 7.14. The van der Waals surface area contributed by atoms with Crippen molar-refractivity contribution < 1.29 is 14.6 Å². The van der Waals surface area contributed by atoms with E-state index in [9.17, 15) is 4.79 Å². The first kappa shape index (κ1) is 12.9. The molecule has 90 valence electrons. The minimum Gasteiger partial charge on any atom is -0.476 e. The van der Waals surface area contributed by atoms with Gasteiger partial charge in [0.1, 0.15) is 5.00 Å². The first-order valence-corrected chi connectivity index (χ1v) is 5.97. The zero-order chi connectivity index (χ0) is 12.0. The lowest BCUT2D eigenvalue weighted by Gasteiger charge is -2.07. The minimum atomic E-state index is -1.01. The molecule has 1 aromatic heterocycles. The molecule has 0 aliphatic carbocycles. The number of aromatic carboxylic acids is 1. The molecule has 0 radical (unpaired) electrons. The van der Waals surface area contributed by atoms with Gasteiger partial charge in [-0.2, -0.15) is 0 Å². The van der Waals surface area contributed by atoms with Crippen LogP contribution in [0.25, 0.3) is 0 Å². The molecule has 0 aliphatic heterocycles. The zero-order valence-corrected chi connectivity index (χ0v) is 10.2. The van der Waals surface area contributed by atoms with Gasteiger partial charge in [0.25, 0.3) is 0 Å². The van der Waals surface area contributed by atoms with E-state index in [4.69, 9.17) is 9.84 Å². The fourth-order valence-electron chi connectivity index (χ4n) is 1.08. The molecule has 0 aliphatic rings. The molecule has 1 aromatic rings. The van der Waals surface area contributed by atoms with Crippen LogP contribution in [0.1, 0.15) is 24.3 Å². The van der Waals surface area contributed by atoms with E-state index < -0.39 is 5.97 Å². The molecule has 0 spiro atoms. The molecule has 2 N–H and O–H groups in total. The van der Waals surface area contributed by atoms with Gasteiger partial charge in [0.15, 0.2) is 5.69 Å². The summed E-state index contributed by atoms with van der Waals surface area (Å²) < 4.78 is 5.37. The van der Waals surface area contributed by atoms with Gasteiger partial charge in [-0.1, -0.05) is 13.8 Å². The molecule has 0 bridgehead atoms.